The number of hydrogen-bond donors (Lipinski definition) is 1. The molecule has 0 bridgehead atoms. The first-order chi connectivity index (χ1) is 16.3. The zero-order chi connectivity index (χ0) is 24.0. The molecule has 1 atom stereocenters. The number of ketones is 1. The van der Waals surface area contributed by atoms with Gasteiger partial charge in [-0.25, -0.2) is 4.79 Å². The van der Waals surface area contributed by atoms with Gasteiger partial charge in [-0.2, -0.15) is 0 Å². The fourth-order valence-corrected chi connectivity index (χ4v) is 4.65. The van der Waals surface area contributed by atoms with Crippen LogP contribution in [0.3, 0.4) is 0 Å². The number of hydrogen-bond acceptors (Lipinski definition) is 4. The monoisotopic (exact) mass is 472 g/mol. The number of halogens is 1. The maximum atomic E-state index is 13.5. The van der Waals surface area contributed by atoms with Crippen LogP contribution in [0, 0.1) is 6.92 Å². The number of carbonyl (C=O) groups excluding carboxylic acids is 3. The number of allylic oxidation sites excluding steroid dienone is 2. The predicted molar refractivity (Wildman–Crippen MR) is 129 cm³/mol. The zero-order valence-corrected chi connectivity index (χ0v) is 19.2. The molecule has 34 heavy (non-hydrogen) atoms. The first-order valence-electron chi connectivity index (χ1n) is 10.8. The Morgan fingerprint density at radius 3 is 2.65 bits per heavy atom. The molecule has 1 unspecified atom stereocenters. The number of nitrogens with one attached hydrogen (secondary N) is 1. The van der Waals surface area contributed by atoms with Gasteiger partial charge in [-0.15, -0.1) is 0 Å². The number of imide groups is 1. The van der Waals surface area contributed by atoms with Crippen molar-refractivity contribution in [3.05, 3.63) is 111 Å². The summed E-state index contributed by atoms with van der Waals surface area (Å²) in [5.41, 5.74) is 6.45. The van der Waals surface area contributed by atoms with E-state index in [2.05, 4.69) is 16.5 Å². The van der Waals surface area contributed by atoms with Crippen LogP contribution >= 0.6 is 11.6 Å². The Balaban J connectivity index is 1.55. The highest BCUT2D eigenvalue weighted by molar-refractivity contribution is 6.30. The topological polar surface area (TPSA) is 77.4 Å². The summed E-state index contributed by atoms with van der Waals surface area (Å²) in [5.74, 6) is -0.543. The van der Waals surface area contributed by atoms with Crippen molar-refractivity contribution >= 4 is 35.5 Å². The molecule has 1 aliphatic heterocycles. The summed E-state index contributed by atoms with van der Waals surface area (Å²) >= 11 is 6.01. The largest absolute Gasteiger partial charge is 0.431 e. The van der Waals surface area contributed by atoms with Crippen LogP contribution in [-0.4, -0.2) is 22.4 Å². The molecule has 0 saturated carbocycles. The van der Waals surface area contributed by atoms with Crippen LogP contribution in [0.15, 0.2) is 66.8 Å². The molecular weight excluding hydrogens is 452 g/mol. The standard InChI is InChI=1S/C27H21ClN2O4/c1-15-6-11-21-22(12-15)30(16(2)23(21)24(31)18-7-9-20(28)10-8-18)14-17-4-3-5-19(13-17)25-26(32)29-27(33)34-25/h3-11,13,25H,1,12,14H2,2H3,(H,29,32,33). The molecule has 3 aromatic rings. The normalized spacial score (nSPS) is 16.9. The van der Waals surface area contributed by atoms with Crippen LogP contribution in [0.25, 0.3) is 6.08 Å². The smallest absolute Gasteiger partial charge is 0.415 e. The number of cyclic esters (lactones) is 1. The van der Waals surface area contributed by atoms with Crippen molar-refractivity contribution in [2.24, 2.45) is 0 Å². The number of nitrogens with zero attached hydrogens (tertiary/aromatic N) is 1. The number of carbonyl (C=O) groups is 3. The van der Waals surface area contributed by atoms with Crippen molar-refractivity contribution in [1.82, 2.24) is 9.88 Å². The number of benzene rings is 2. The second-order valence-corrected chi connectivity index (χ2v) is 8.87. The fourth-order valence-electron chi connectivity index (χ4n) is 4.53. The summed E-state index contributed by atoms with van der Waals surface area (Å²) in [6, 6.07) is 14.3. The molecule has 1 fully saturated rings. The molecule has 5 rings (SSSR count). The van der Waals surface area contributed by atoms with Crippen molar-refractivity contribution in [3.63, 3.8) is 0 Å². The van der Waals surface area contributed by atoms with Crippen molar-refractivity contribution in [1.29, 1.82) is 0 Å². The Bertz CT molecular complexity index is 1400. The van der Waals surface area contributed by atoms with Gasteiger partial charge in [0, 0.05) is 46.1 Å². The van der Waals surface area contributed by atoms with E-state index in [1.54, 1.807) is 30.3 Å². The molecule has 1 N–H and O–H groups in total. The number of aromatic nitrogens is 1. The van der Waals surface area contributed by atoms with Crippen molar-refractivity contribution in [2.75, 3.05) is 0 Å². The van der Waals surface area contributed by atoms with Gasteiger partial charge in [-0.1, -0.05) is 48.5 Å². The highest BCUT2D eigenvalue weighted by Crippen LogP contribution is 2.33. The van der Waals surface area contributed by atoms with E-state index in [1.165, 1.54) is 0 Å². The maximum Gasteiger partial charge on any atom is 0.415 e. The molecule has 6 nitrogen and oxygen atoms in total. The summed E-state index contributed by atoms with van der Waals surface area (Å²) in [6.45, 7) is 6.53. The van der Waals surface area contributed by atoms with Gasteiger partial charge < -0.3 is 9.30 Å². The SMILES string of the molecule is C=C1C=Cc2c(C(=O)c3ccc(Cl)cc3)c(C)n(Cc3cccc(C4OC(=O)NC4=O)c3)c2C1. The number of alkyl carbamates (subject to hydrolysis) is 1. The van der Waals surface area contributed by atoms with Gasteiger partial charge >= 0.3 is 6.09 Å². The van der Waals surface area contributed by atoms with E-state index >= 15 is 0 Å². The first kappa shape index (κ1) is 21.9. The minimum atomic E-state index is -0.961. The second kappa shape index (κ2) is 8.47. The van der Waals surface area contributed by atoms with Crippen LogP contribution in [0.4, 0.5) is 4.79 Å². The lowest BCUT2D eigenvalue weighted by Crippen LogP contribution is -2.20. The number of rotatable bonds is 5. The van der Waals surface area contributed by atoms with Crippen molar-refractivity contribution in [3.8, 4) is 0 Å². The third kappa shape index (κ3) is 3.86. The third-order valence-corrected chi connectivity index (χ3v) is 6.42. The summed E-state index contributed by atoms with van der Waals surface area (Å²) in [4.78, 5) is 37.0. The van der Waals surface area contributed by atoms with Crippen LogP contribution < -0.4 is 5.32 Å². The molecular formula is C27H21ClN2O4. The average molecular weight is 473 g/mol. The highest BCUT2D eigenvalue weighted by atomic mass is 35.5. The molecule has 1 saturated heterocycles. The number of ether oxygens (including phenoxy) is 1. The van der Waals surface area contributed by atoms with Crippen molar-refractivity contribution < 1.29 is 19.1 Å². The quantitative estimate of drug-likeness (QED) is 0.520. The van der Waals surface area contributed by atoms with E-state index in [0.29, 0.717) is 34.7 Å². The minimum Gasteiger partial charge on any atom is -0.431 e. The van der Waals surface area contributed by atoms with E-state index in [4.69, 9.17) is 16.3 Å². The molecule has 2 amide bonds. The lowest BCUT2D eigenvalue weighted by atomic mass is 9.94. The second-order valence-electron chi connectivity index (χ2n) is 8.43. The Hall–Kier alpha value is -3.90. The molecule has 2 aliphatic rings. The lowest BCUT2D eigenvalue weighted by Gasteiger charge is -2.16. The fraction of sp³-hybridized carbons (Fsp3) is 0.148. The molecule has 7 heteroatoms. The Kier molecular flexibility index (Phi) is 5.46. The zero-order valence-electron chi connectivity index (χ0n) is 18.4. The van der Waals surface area contributed by atoms with E-state index in [1.807, 2.05) is 37.3 Å². The van der Waals surface area contributed by atoms with Gasteiger partial charge in [0.2, 0.25) is 6.10 Å². The molecule has 0 radical (unpaired) electrons. The summed E-state index contributed by atoms with van der Waals surface area (Å²) < 4.78 is 7.22. The Morgan fingerprint density at radius 1 is 1.18 bits per heavy atom. The van der Waals surface area contributed by atoms with E-state index in [0.717, 1.165) is 28.1 Å². The summed E-state index contributed by atoms with van der Waals surface area (Å²) in [5, 5.41) is 2.73. The first-order valence-corrected chi connectivity index (χ1v) is 11.2. The van der Waals surface area contributed by atoms with E-state index in [-0.39, 0.29) is 5.78 Å². The molecule has 170 valence electrons. The van der Waals surface area contributed by atoms with Crippen molar-refractivity contribution in [2.45, 2.75) is 26.0 Å². The summed E-state index contributed by atoms with van der Waals surface area (Å²) in [6.07, 6.45) is 2.82. The van der Waals surface area contributed by atoms with E-state index < -0.39 is 18.1 Å². The van der Waals surface area contributed by atoms with Crippen LogP contribution in [-0.2, 0) is 22.5 Å². The maximum absolute atomic E-state index is 13.5. The van der Waals surface area contributed by atoms with Gasteiger partial charge in [-0.3, -0.25) is 14.9 Å². The van der Waals surface area contributed by atoms with Crippen LogP contribution in [0.1, 0.15) is 50.1 Å². The summed E-state index contributed by atoms with van der Waals surface area (Å²) in [7, 11) is 0. The molecule has 1 aromatic heterocycles. The Labute approximate surface area is 201 Å². The van der Waals surface area contributed by atoms with E-state index in [9.17, 15) is 14.4 Å². The van der Waals surface area contributed by atoms with Gasteiger partial charge in [0.05, 0.1) is 5.56 Å². The number of fused-ring (bicyclic) bond motifs is 1. The Morgan fingerprint density at radius 2 is 1.94 bits per heavy atom. The van der Waals surface area contributed by atoms with Gasteiger partial charge in [0.1, 0.15) is 0 Å². The van der Waals surface area contributed by atoms with Gasteiger partial charge in [0.25, 0.3) is 5.91 Å². The lowest BCUT2D eigenvalue weighted by molar-refractivity contribution is -0.123. The number of amides is 2. The highest BCUT2D eigenvalue weighted by Gasteiger charge is 2.33. The minimum absolute atomic E-state index is 0.0652. The van der Waals surface area contributed by atoms with Gasteiger partial charge in [0.15, 0.2) is 5.78 Å². The molecule has 2 heterocycles. The molecule has 2 aromatic carbocycles. The average Bonchev–Trinajstić information content (AvgIpc) is 3.29. The van der Waals surface area contributed by atoms with Gasteiger partial charge in [-0.05, 0) is 48.4 Å². The predicted octanol–water partition coefficient (Wildman–Crippen LogP) is 5.16. The molecule has 0 spiro atoms. The van der Waals surface area contributed by atoms with Crippen LogP contribution in [0.2, 0.25) is 5.02 Å². The van der Waals surface area contributed by atoms with Crippen LogP contribution in [0.5, 0.6) is 0 Å². The molecule has 1 aliphatic carbocycles. The third-order valence-electron chi connectivity index (χ3n) is 6.17.